The van der Waals surface area contributed by atoms with Crippen molar-refractivity contribution in [3.8, 4) is 0 Å². The number of carbonyl (C=O) groups excluding carboxylic acids is 1. The molecule has 0 radical (unpaired) electrons. The van der Waals surface area contributed by atoms with Crippen LogP contribution in [0.4, 0.5) is 10.1 Å². The maximum absolute atomic E-state index is 13.2. The Hall–Kier alpha value is -2.31. The van der Waals surface area contributed by atoms with Crippen LogP contribution in [0.5, 0.6) is 0 Å². The van der Waals surface area contributed by atoms with Gasteiger partial charge >= 0.3 is 0 Å². The molecule has 0 spiro atoms. The van der Waals surface area contributed by atoms with Gasteiger partial charge in [0.1, 0.15) is 5.82 Å². The standard InChI is InChI=1S/C23H20BrFN2OS/c24-20-4-2-1-3-18(20)14-26-23(28)17-7-10-22-21(13-17)27(11-12-29-22)15-16-5-8-19(25)9-6-16/h1-10,13H,11-12,14-15H2,(H,26,28). The van der Waals surface area contributed by atoms with Gasteiger partial charge in [-0.3, -0.25) is 4.79 Å². The third-order valence-corrected chi connectivity index (χ3v) is 6.68. The zero-order chi connectivity index (χ0) is 20.2. The van der Waals surface area contributed by atoms with E-state index in [-0.39, 0.29) is 11.7 Å². The fourth-order valence-electron chi connectivity index (χ4n) is 3.31. The largest absolute Gasteiger partial charge is 0.365 e. The van der Waals surface area contributed by atoms with Gasteiger partial charge in [0.25, 0.3) is 5.91 Å². The number of nitrogens with zero attached hydrogens (tertiary/aromatic N) is 1. The number of amides is 1. The number of thioether (sulfide) groups is 1. The van der Waals surface area contributed by atoms with Crippen molar-refractivity contribution in [2.75, 3.05) is 17.2 Å². The van der Waals surface area contributed by atoms with Gasteiger partial charge in [0.15, 0.2) is 0 Å². The maximum atomic E-state index is 13.2. The lowest BCUT2D eigenvalue weighted by Gasteiger charge is -2.31. The summed E-state index contributed by atoms with van der Waals surface area (Å²) < 4.78 is 14.2. The summed E-state index contributed by atoms with van der Waals surface area (Å²) in [7, 11) is 0. The normalized spacial score (nSPS) is 13.1. The summed E-state index contributed by atoms with van der Waals surface area (Å²) in [5.41, 5.74) is 3.78. The van der Waals surface area contributed by atoms with Crippen LogP contribution in [0.25, 0.3) is 0 Å². The van der Waals surface area contributed by atoms with E-state index in [0.29, 0.717) is 18.7 Å². The summed E-state index contributed by atoms with van der Waals surface area (Å²) in [5, 5.41) is 3.00. The minimum atomic E-state index is -0.229. The molecule has 3 nitrogen and oxygen atoms in total. The number of fused-ring (bicyclic) bond motifs is 1. The van der Waals surface area contributed by atoms with Crippen LogP contribution in [0.3, 0.4) is 0 Å². The molecule has 29 heavy (non-hydrogen) atoms. The van der Waals surface area contributed by atoms with E-state index in [2.05, 4.69) is 26.1 Å². The Kier molecular flexibility index (Phi) is 6.21. The summed E-state index contributed by atoms with van der Waals surface area (Å²) in [4.78, 5) is 16.1. The van der Waals surface area contributed by atoms with E-state index in [9.17, 15) is 9.18 Å². The molecule has 1 N–H and O–H groups in total. The second-order valence-electron chi connectivity index (χ2n) is 6.85. The molecule has 0 aliphatic carbocycles. The van der Waals surface area contributed by atoms with Gasteiger partial charge < -0.3 is 10.2 Å². The second-order valence-corrected chi connectivity index (χ2v) is 8.84. The Balaban J connectivity index is 1.50. The van der Waals surface area contributed by atoms with Crippen molar-refractivity contribution in [2.45, 2.75) is 18.0 Å². The predicted octanol–water partition coefficient (Wildman–Crippen LogP) is 5.63. The topological polar surface area (TPSA) is 32.3 Å². The summed E-state index contributed by atoms with van der Waals surface area (Å²) >= 11 is 5.31. The van der Waals surface area contributed by atoms with E-state index < -0.39 is 0 Å². The summed E-state index contributed by atoms with van der Waals surface area (Å²) in [6.45, 7) is 2.04. The van der Waals surface area contributed by atoms with Crippen molar-refractivity contribution in [1.29, 1.82) is 0 Å². The molecule has 1 heterocycles. The number of anilines is 1. The molecule has 1 aliphatic heterocycles. The molecule has 0 unspecified atom stereocenters. The quantitative estimate of drug-likeness (QED) is 0.524. The van der Waals surface area contributed by atoms with Crippen LogP contribution in [0.1, 0.15) is 21.5 Å². The fourth-order valence-corrected chi connectivity index (χ4v) is 4.76. The fraction of sp³-hybridized carbons (Fsp3) is 0.174. The molecule has 0 saturated carbocycles. The molecule has 4 rings (SSSR count). The molecule has 0 saturated heterocycles. The van der Waals surface area contributed by atoms with Crippen LogP contribution in [-0.2, 0) is 13.1 Å². The molecule has 0 atom stereocenters. The molecule has 148 valence electrons. The van der Waals surface area contributed by atoms with E-state index in [4.69, 9.17) is 0 Å². The first kappa shape index (κ1) is 20.0. The van der Waals surface area contributed by atoms with Gasteiger partial charge in [0.05, 0.1) is 5.69 Å². The smallest absolute Gasteiger partial charge is 0.251 e. The third-order valence-electron chi connectivity index (χ3n) is 4.86. The molecular formula is C23H20BrFN2OS. The zero-order valence-corrected chi connectivity index (χ0v) is 18.1. The average molecular weight is 471 g/mol. The highest BCUT2D eigenvalue weighted by atomic mass is 79.9. The number of hydrogen-bond donors (Lipinski definition) is 1. The number of rotatable bonds is 5. The van der Waals surface area contributed by atoms with Crippen molar-refractivity contribution >= 4 is 39.3 Å². The predicted molar refractivity (Wildman–Crippen MR) is 120 cm³/mol. The highest BCUT2D eigenvalue weighted by Gasteiger charge is 2.20. The Bertz CT molecular complexity index is 1030. The SMILES string of the molecule is O=C(NCc1ccccc1Br)c1ccc2c(c1)N(Cc1ccc(F)cc1)CCS2. The lowest BCUT2D eigenvalue weighted by atomic mass is 10.1. The van der Waals surface area contributed by atoms with Crippen molar-refractivity contribution < 1.29 is 9.18 Å². The van der Waals surface area contributed by atoms with Crippen LogP contribution in [0.2, 0.25) is 0 Å². The lowest BCUT2D eigenvalue weighted by Crippen LogP contribution is -2.29. The number of benzene rings is 3. The van der Waals surface area contributed by atoms with Gasteiger partial charge in [-0.1, -0.05) is 46.3 Å². The Morgan fingerprint density at radius 2 is 1.90 bits per heavy atom. The number of carbonyl (C=O) groups is 1. The molecule has 3 aromatic rings. The van der Waals surface area contributed by atoms with Crippen molar-refractivity contribution in [3.63, 3.8) is 0 Å². The van der Waals surface area contributed by atoms with Gasteiger partial charge in [-0.05, 0) is 47.5 Å². The molecule has 0 fully saturated rings. The van der Waals surface area contributed by atoms with Gasteiger partial charge in [-0.25, -0.2) is 4.39 Å². The van der Waals surface area contributed by atoms with Gasteiger partial charge in [0, 0.05) is 40.3 Å². The van der Waals surface area contributed by atoms with Crippen molar-refractivity contribution in [3.05, 3.63) is 93.7 Å². The highest BCUT2D eigenvalue weighted by molar-refractivity contribution is 9.10. The average Bonchev–Trinajstić information content (AvgIpc) is 2.74. The molecule has 3 aromatic carbocycles. The van der Waals surface area contributed by atoms with Crippen LogP contribution in [-0.4, -0.2) is 18.2 Å². The van der Waals surface area contributed by atoms with E-state index in [0.717, 1.165) is 33.6 Å². The first-order chi connectivity index (χ1) is 14.1. The molecular weight excluding hydrogens is 451 g/mol. The van der Waals surface area contributed by atoms with E-state index >= 15 is 0 Å². The molecule has 1 aliphatic rings. The minimum absolute atomic E-state index is 0.0964. The first-order valence-electron chi connectivity index (χ1n) is 9.38. The van der Waals surface area contributed by atoms with Crippen molar-refractivity contribution in [1.82, 2.24) is 5.32 Å². The molecule has 0 aromatic heterocycles. The summed E-state index contributed by atoms with van der Waals surface area (Å²) in [6.07, 6.45) is 0. The van der Waals surface area contributed by atoms with Crippen LogP contribution >= 0.6 is 27.7 Å². The Labute approximate surface area is 182 Å². The third kappa shape index (κ3) is 4.82. The molecule has 1 amide bonds. The number of halogens is 2. The molecule has 6 heteroatoms. The Morgan fingerprint density at radius 1 is 1.10 bits per heavy atom. The Morgan fingerprint density at radius 3 is 2.69 bits per heavy atom. The monoisotopic (exact) mass is 470 g/mol. The van der Waals surface area contributed by atoms with Crippen LogP contribution in [0.15, 0.2) is 76.1 Å². The first-order valence-corrected chi connectivity index (χ1v) is 11.2. The second kappa shape index (κ2) is 9.01. The molecule has 0 bridgehead atoms. The van der Waals surface area contributed by atoms with Crippen LogP contribution < -0.4 is 10.2 Å². The van der Waals surface area contributed by atoms with Gasteiger partial charge in [0.2, 0.25) is 0 Å². The van der Waals surface area contributed by atoms with Gasteiger partial charge in [-0.15, -0.1) is 11.8 Å². The number of nitrogens with one attached hydrogen (secondary N) is 1. The van der Waals surface area contributed by atoms with Crippen LogP contribution in [0, 0.1) is 5.82 Å². The maximum Gasteiger partial charge on any atom is 0.251 e. The summed E-state index contributed by atoms with van der Waals surface area (Å²) in [6, 6.07) is 20.3. The van der Waals surface area contributed by atoms with E-state index in [1.54, 1.807) is 11.8 Å². The number of hydrogen-bond acceptors (Lipinski definition) is 3. The summed E-state index contributed by atoms with van der Waals surface area (Å²) in [5.74, 6) is 0.662. The highest BCUT2D eigenvalue weighted by Crippen LogP contribution is 2.36. The minimum Gasteiger partial charge on any atom is -0.365 e. The van der Waals surface area contributed by atoms with Gasteiger partial charge in [-0.2, -0.15) is 0 Å². The van der Waals surface area contributed by atoms with Crippen molar-refractivity contribution in [2.24, 2.45) is 0 Å². The zero-order valence-electron chi connectivity index (χ0n) is 15.7. The van der Waals surface area contributed by atoms with E-state index in [1.807, 2.05) is 54.6 Å². The lowest BCUT2D eigenvalue weighted by molar-refractivity contribution is 0.0951. The van der Waals surface area contributed by atoms with E-state index in [1.165, 1.54) is 17.0 Å².